The predicted octanol–water partition coefficient (Wildman–Crippen LogP) is 2.89. The van der Waals surface area contributed by atoms with Crippen LogP contribution in [0.15, 0.2) is 23.8 Å². The highest BCUT2D eigenvalue weighted by molar-refractivity contribution is 6.30. The summed E-state index contributed by atoms with van der Waals surface area (Å²) >= 11 is 5.84. The Labute approximate surface area is 99.8 Å². The van der Waals surface area contributed by atoms with Crippen LogP contribution in [0.1, 0.15) is 19.4 Å². The minimum Gasteiger partial charge on any atom is -0.463 e. The van der Waals surface area contributed by atoms with Gasteiger partial charge in [0.25, 0.3) is 0 Å². The highest BCUT2D eigenvalue weighted by atomic mass is 35.5. The molecular formula is C12H14ClNO2. The molecule has 16 heavy (non-hydrogen) atoms. The molecule has 2 N–H and O–H groups in total. The molecule has 0 aliphatic heterocycles. The first-order valence-electron chi connectivity index (χ1n) is 4.95. The lowest BCUT2D eigenvalue weighted by molar-refractivity contribution is -0.138. The third-order valence-electron chi connectivity index (χ3n) is 2.02. The molecule has 0 saturated carbocycles. The smallest absolute Gasteiger partial charge is 0.333 e. The van der Waals surface area contributed by atoms with E-state index in [2.05, 4.69) is 0 Å². The average molecular weight is 240 g/mol. The lowest BCUT2D eigenvalue weighted by atomic mass is 10.1. The zero-order chi connectivity index (χ0) is 12.1. The number of carbonyl (C=O) groups excluding carboxylic acids is 1. The van der Waals surface area contributed by atoms with Crippen LogP contribution in [0.5, 0.6) is 0 Å². The molecule has 1 aromatic rings. The Balaban J connectivity index is 2.97. The van der Waals surface area contributed by atoms with Gasteiger partial charge in [0, 0.05) is 16.3 Å². The molecule has 86 valence electrons. The monoisotopic (exact) mass is 239 g/mol. The maximum Gasteiger partial charge on any atom is 0.333 e. The summed E-state index contributed by atoms with van der Waals surface area (Å²) in [5.74, 6) is -0.345. The van der Waals surface area contributed by atoms with E-state index in [1.807, 2.05) is 0 Å². The van der Waals surface area contributed by atoms with Crippen molar-refractivity contribution >= 4 is 29.3 Å². The van der Waals surface area contributed by atoms with E-state index in [-0.39, 0.29) is 5.97 Å². The van der Waals surface area contributed by atoms with Gasteiger partial charge in [-0.15, -0.1) is 0 Å². The molecule has 1 aromatic carbocycles. The molecule has 3 nitrogen and oxygen atoms in total. The Morgan fingerprint density at radius 3 is 2.88 bits per heavy atom. The van der Waals surface area contributed by atoms with E-state index >= 15 is 0 Å². The van der Waals surface area contributed by atoms with E-state index < -0.39 is 0 Å². The molecule has 0 aromatic heterocycles. The standard InChI is InChI=1S/C12H14ClNO2/c1-3-16-12(15)8(2)6-9-7-10(13)4-5-11(9)14/h4-7H,3,14H2,1-2H3/b8-6+. The van der Waals surface area contributed by atoms with Gasteiger partial charge in [-0.3, -0.25) is 0 Å². The number of benzene rings is 1. The van der Waals surface area contributed by atoms with Crippen molar-refractivity contribution in [2.24, 2.45) is 0 Å². The van der Waals surface area contributed by atoms with Crippen molar-refractivity contribution < 1.29 is 9.53 Å². The van der Waals surface area contributed by atoms with Crippen molar-refractivity contribution in [3.63, 3.8) is 0 Å². The van der Waals surface area contributed by atoms with E-state index in [4.69, 9.17) is 22.1 Å². The minimum absolute atomic E-state index is 0.345. The number of hydrogen-bond acceptors (Lipinski definition) is 3. The zero-order valence-corrected chi connectivity index (χ0v) is 10.0. The van der Waals surface area contributed by atoms with Crippen molar-refractivity contribution in [2.45, 2.75) is 13.8 Å². The fourth-order valence-corrected chi connectivity index (χ4v) is 1.39. The number of rotatable bonds is 3. The number of halogens is 1. The predicted molar refractivity (Wildman–Crippen MR) is 66.1 cm³/mol. The van der Waals surface area contributed by atoms with Gasteiger partial charge >= 0.3 is 5.97 Å². The average Bonchev–Trinajstić information content (AvgIpc) is 2.23. The molecule has 0 aliphatic carbocycles. The molecule has 0 unspecified atom stereocenters. The second-order valence-corrected chi connectivity index (χ2v) is 3.76. The number of nitrogen functional groups attached to an aromatic ring is 1. The van der Waals surface area contributed by atoms with Gasteiger partial charge in [0.1, 0.15) is 0 Å². The summed E-state index contributed by atoms with van der Waals surface area (Å²) in [6.45, 7) is 3.80. The molecule has 0 radical (unpaired) electrons. The number of nitrogens with two attached hydrogens (primary N) is 1. The fourth-order valence-electron chi connectivity index (χ4n) is 1.21. The van der Waals surface area contributed by atoms with Gasteiger partial charge in [0.15, 0.2) is 0 Å². The second-order valence-electron chi connectivity index (χ2n) is 3.32. The molecule has 0 saturated heterocycles. The maximum atomic E-state index is 11.4. The summed E-state index contributed by atoms with van der Waals surface area (Å²) in [5, 5.41) is 0.581. The molecule has 0 fully saturated rings. The van der Waals surface area contributed by atoms with Crippen molar-refractivity contribution in [3.05, 3.63) is 34.4 Å². The number of esters is 1. The van der Waals surface area contributed by atoms with Gasteiger partial charge in [-0.05, 0) is 43.7 Å². The summed E-state index contributed by atoms with van der Waals surface area (Å²) in [4.78, 5) is 11.4. The molecule has 1 rings (SSSR count). The van der Waals surface area contributed by atoms with Crippen LogP contribution < -0.4 is 5.73 Å². The first kappa shape index (κ1) is 12.6. The molecular weight excluding hydrogens is 226 g/mol. The summed E-state index contributed by atoms with van der Waals surface area (Å²) in [6.07, 6.45) is 1.67. The van der Waals surface area contributed by atoms with Crippen LogP contribution in [-0.4, -0.2) is 12.6 Å². The summed E-state index contributed by atoms with van der Waals surface area (Å²) in [7, 11) is 0. The molecule has 0 spiro atoms. The number of hydrogen-bond donors (Lipinski definition) is 1. The van der Waals surface area contributed by atoms with Crippen molar-refractivity contribution in [3.8, 4) is 0 Å². The Bertz CT molecular complexity index is 427. The van der Waals surface area contributed by atoms with Crippen LogP contribution in [0.25, 0.3) is 6.08 Å². The van der Waals surface area contributed by atoms with Crippen molar-refractivity contribution in [2.75, 3.05) is 12.3 Å². The summed E-state index contributed by atoms with van der Waals surface area (Å²) < 4.78 is 4.86. The maximum absolute atomic E-state index is 11.4. The molecule has 4 heteroatoms. The molecule has 0 atom stereocenters. The van der Waals surface area contributed by atoms with E-state index in [0.29, 0.717) is 22.9 Å². The van der Waals surface area contributed by atoms with Crippen molar-refractivity contribution in [1.29, 1.82) is 0 Å². The summed E-state index contributed by atoms with van der Waals surface area (Å²) in [6, 6.07) is 5.11. The third kappa shape index (κ3) is 3.28. The molecule has 0 aliphatic rings. The van der Waals surface area contributed by atoms with Crippen molar-refractivity contribution in [1.82, 2.24) is 0 Å². The number of carbonyl (C=O) groups is 1. The SMILES string of the molecule is CCOC(=O)/C(C)=C/c1cc(Cl)ccc1N. The molecule has 0 heterocycles. The first-order chi connectivity index (χ1) is 7.54. The zero-order valence-electron chi connectivity index (χ0n) is 9.29. The van der Waals surface area contributed by atoms with Crippen LogP contribution in [-0.2, 0) is 9.53 Å². The van der Waals surface area contributed by atoms with Gasteiger partial charge in [0.05, 0.1) is 6.61 Å². The van der Waals surface area contributed by atoms with Crippen LogP contribution >= 0.6 is 11.6 Å². The second kappa shape index (κ2) is 5.56. The number of anilines is 1. The Hall–Kier alpha value is -1.48. The van der Waals surface area contributed by atoms with Gasteiger partial charge in [-0.1, -0.05) is 11.6 Å². The van der Waals surface area contributed by atoms with E-state index in [1.165, 1.54) is 0 Å². The first-order valence-corrected chi connectivity index (χ1v) is 5.33. The topological polar surface area (TPSA) is 52.3 Å². The van der Waals surface area contributed by atoms with E-state index in [9.17, 15) is 4.79 Å². The third-order valence-corrected chi connectivity index (χ3v) is 2.25. The van der Waals surface area contributed by atoms with Gasteiger partial charge < -0.3 is 10.5 Å². The van der Waals surface area contributed by atoms with Gasteiger partial charge in [-0.25, -0.2) is 4.79 Å². The Morgan fingerprint density at radius 2 is 2.25 bits per heavy atom. The largest absolute Gasteiger partial charge is 0.463 e. The highest BCUT2D eigenvalue weighted by Gasteiger charge is 2.05. The van der Waals surface area contributed by atoms with Crippen LogP contribution in [0.3, 0.4) is 0 Å². The van der Waals surface area contributed by atoms with Gasteiger partial charge in [-0.2, -0.15) is 0 Å². The van der Waals surface area contributed by atoms with Crippen LogP contribution in [0.4, 0.5) is 5.69 Å². The fraction of sp³-hybridized carbons (Fsp3) is 0.250. The van der Waals surface area contributed by atoms with Gasteiger partial charge in [0.2, 0.25) is 0 Å². The van der Waals surface area contributed by atoms with Crippen LogP contribution in [0.2, 0.25) is 5.02 Å². The summed E-state index contributed by atoms with van der Waals surface area (Å²) in [5.41, 5.74) is 7.55. The Morgan fingerprint density at radius 1 is 1.56 bits per heavy atom. The minimum atomic E-state index is -0.345. The Kier molecular flexibility index (Phi) is 4.38. The van der Waals surface area contributed by atoms with E-state index in [0.717, 1.165) is 5.56 Å². The molecule has 0 bridgehead atoms. The molecule has 0 amide bonds. The normalized spacial score (nSPS) is 11.3. The van der Waals surface area contributed by atoms with E-state index in [1.54, 1.807) is 38.1 Å². The lowest BCUT2D eigenvalue weighted by Crippen LogP contribution is -2.05. The lowest BCUT2D eigenvalue weighted by Gasteiger charge is -2.04. The van der Waals surface area contributed by atoms with Crippen LogP contribution in [0, 0.1) is 0 Å². The quantitative estimate of drug-likeness (QED) is 0.501. The number of ether oxygens (including phenoxy) is 1. The highest BCUT2D eigenvalue weighted by Crippen LogP contribution is 2.20.